The summed E-state index contributed by atoms with van der Waals surface area (Å²) >= 11 is 0. The Bertz CT molecular complexity index is 694. The predicted octanol–water partition coefficient (Wildman–Crippen LogP) is 1.85. The highest BCUT2D eigenvalue weighted by molar-refractivity contribution is 6.08. The molecule has 7 nitrogen and oxygen atoms in total. The van der Waals surface area contributed by atoms with Gasteiger partial charge in [-0.25, -0.2) is 4.79 Å². The van der Waals surface area contributed by atoms with Crippen molar-refractivity contribution < 1.29 is 19.1 Å². The number of hydrogen-bond acceptors (Lipinski definition) is 4. The molecule has 1 saturated heterocycles. The monoisotopic (exact) mass is 361 g/mol. The maximum absolute atomic E-state index is 12.7. The molecule has 7 heteroatoms. The van der Waals surface area contributed by atoms with E-state index in [1.165, 1.54) is 0 Å². The minimum Gasteiger partial charge on any atom is -0.497 e. The third-order valence-electron chi connectivity index (χ3n) is 4.23. The van der Waals surface area contributed by atoms with Crippen LogP contribution in [0.2, 0.25) is 0 Å². The first kappa shape index (κ1) is 19.8. The SMILES string of the molecule is COc1ccc(CC[C@]2(C)NC(=O)N(CC(=O)NC(C)(C)C)C2=O)cc1. The highest BCUT2D eigenvalue weighted by Crippen LogP contribution is 2.24. The molecule has 2 rings (SSSR count). The molecular weight excluding hydrogens is 334 g/mol. The Morgan fingerprint density at radius 2 is 1.85 bits per heavy atom. The number of nitrogens with one attached hydrogen (secondary N) is 2. The number of hydrogen-bond donors (Lipinski definition) is 2. The Kier molecular flexibility index (Phi) is 5.59. The maximum Gasteiger partial charge on any atom is 0.325 e. The first-order valence-electron chi connectivity index (χ1n) is 8.62. The molecule has 1 fully saturated rings. The van der Waals surface area contributed by atoms with Crippen LogP contribution in [-0.2, 0) is 16.0 Å². The number of urea groups is 1. The van der Waals surface area contributed by atoms with Crippen LogP contribution >= 0.6 is 0 Å². The van der Waals surface area contributed by atoms with Crippen LogP contribution in [-0.4, -0.2) is 47.5 Å². The van der Waals surface area contributed by atoms with Gasteiger partial charge in [-0.3, -0.25) is 14.5 Å². The Hall–Kier alpha value is -2.57. The molecule has 0 aliphatic carbocycles. The van der Waals surface area contributed by atoms with Crippen LogP contribution in [0.25, 0.3) is 0 Å². The first-order valence-corrected chi connectivity index (χ1v) is 8.62. The van der Waals surface area contributed by atoms with E-state index in [2.05, 4.69) is 10.6 Å². The largest absolute Gasteiger partial charge is 0.497 e. The second kappa shape index (κ2) is 7.35. The molecule has 0 bridgehead atoms. The van der Waals surface area contributed by atoms with Crippen LogP contribution < -0.4 is 15.4 Å². The van der Waals surface area contributed by atoms with Crippen molar-refractivity contribution in [3.63, 3.8) is 0 Å². The minimum atomic E-state index is -1.01. The summed E-state index contributed by atoms with van der Waals surface area (Å²) in [5.41, 5.74) is -0.398. The van der Waals surface area contributed by atoms with E-state index in [1.807, 2.05) is 45.0 Å². The molecule has 1 aromatic carbocycles. The van der Waals surface area contributed by atoms with Crippen molar-refractivity contribution in [2.24, 2.45) is 0 Å². The summed E-state index contributed by atoms with van der Waals surface area (Å²) in [4.78, 5) is 37.9. The zero-order chi connectivity index (χ0) is 19.5. The van der Waals surface area contributed by atoms with Crippen molar-refractivity contribution in [2.75, 3.05) is 13.7 Å². The lowest BCUT2D eigenvalue weighted by Crippen LogP contribution is -2.48. The maximum atomic E-state index is 12.7. The Morgan fingerprint density at radius 1 is 1.23 bits per heavy atom. The van der Waals surface area contributed by atoms with Crippen LogP contribution in [0.4, 0.5) is 4.79 Å². The van der Waals surface area contributed by atoms with E-state index in [0.29, 0.717) is 12.8 Å². The van der Waals surface area contributed by atoms with Crippen molar-refractivity contribution in [1.29, 1.82) is 0 Å². The van der Waals surface area contributed by atoms with Crippen LogP contribution in [0.5, 0.6) is 5.75 Å². The van der Waals surface area contributed by atoms with Gasteiger partial charge in [0.2, 0.25) is 5.91 Å². The Labute approximate surface area is 154 Å². The van der Waals surface area contributed by atoms with E-state index in [4.69, 9.17) is 4.74 Å². The number of rotatable bonds is 6. The molecule has 0 spiro atoms. The van der Waals surface area contributed by atoms with Gasteiger partial charge in [0.1, 0.15) is 17.8 Å². The molecule has 1 aromatic rings. The van der Waals surface area contributed by atoms with Crippen molar-refractivity contribution in [1.82, 2.24) is 15.5 Å². The summed E-state index contributed by atoms with van der Waals surface area (Å²) < 4.78 is 5.13. The number of ether oxygens (including phenoxy) is 1. The van der Waals surface area contributed by atoms with Crippen LogP contribution in [0.3, 0.4) is 0 Å². The van der Waals surface area contributed by atoms with Crippen molar-refractivity contribution in [2.45, 2.75) is 51.6 Å². The number of nitrogens with zero attached hydrogens (tertiary/aromatic N) is 1. The second-order valence-corrected chi connectivity index (χ2v) is 7.80. The molecule has 142 valence electrons. The number of amides is 4. The van der Waals surface area contributed by atoms with E-state index < -0.39 is 17.1 Å². The van der Waals surface area contributed by atoms with Gasteiger partial charge in [-0.2, -0.15) is 0 Å². The second-order valence-electron chi connectivity index (χ2n) is 7.80. The Balaban J connectivity index is 1.99. The normalized spacial score (nSPS) is 20.1. The van der Waals surface area contributed by atoms with E-state index in [-0.39, 0.29) is 18.4 Å². The number of benzene rings is 1. The molecule has 4 amide bonds. The standard InChI is InChI=1S/C19H27N3O4/c1-18(2,3)20-15(23)12-22-16(24)19(4,21-17(22)25)11-10-13-6-8-14(26-5)9-7-13/h6-9H,10-12H2,1-5H3,(H,20,23)(H,21,25)/t19-/m0/s1. The summed E-state index contributed by atoms with van der Waals surface area (Å²) in [6, 6.07) is 7.04. The highest BCUT2D eigenvalue weighted by Gasteiger charge is 2.47. The molecule has 1 atom stereocenters. The zero-order valence-corrected chi connectivity index (χ0v) is 16.0. The Morgan fingerprint density at radius 3 is 2.38 bits per heavy atom. The van der Waals surface area contributed by atoms with Crippen LogP contribution in [0.15, 0.2) is 24.3 Å². The highest BCUT2D eigenvalue weighted by atomic mass is 16.5. The summed E-state index contributed by atoms with van der Waals surface area (Å²) in [5.74, 6) is 0.0294. The molecule has 0 unspecified atom stereocenters. The van der Waals surface area contributed by atoms with Gasteiger partial charge in [0.15, 0.2) is 0 Å². The van der Waals surface area contributed by atoms with E-state index in [1.54, 1.807) is 14.0 Å². The van der Waals surface area contributed by atoms with Gasteiger partial charge < -0.3 is 15.4 Å². The fraction of sp³-hybridized carbons (Fsp3) is 0.526. The van der Waals surface area contributed by atoms with Crippen LogP contribution in [0.1, 0.15) is 39.7 Å². The summed E-state index contributed by atoms with van der Waals surface area (Å²) in [6.45, 7) is 6.94. The van der Waals surface area contributed by atoms with E-state index in [0.717, 1.165) is 16.2 Å². The first-order chi connectivity index (χ1) is 12.0. The van der Waals surface area contributed by atoms with Gasteiger partial charge in [0.25, 0.3) is 5.91 Å². The summed E-state index contributed by atoms with van der Waals surface area (Å²) in [6.07, 6.45) is 1.07. The number of imide groups is 1. The number of carbonyl (C=O) groups excluding carboxylic acids is 3. The quantitative estimate of drug-likeness (QED) is 0.757. The molecule has 1 aliphatic rings. The van der Waals surface area contributed by atoms with Gasteiger partial charge in [0, 0.05) is 5.54 Å². The average Bonchev–Trinajstić information content (AvgIpc) is 2.75. The van der Waals surface area contributed by atoms with Gasteiger partial charge in [0.05, 0.1) is 7.11 Å². The summed E-state index contributed by atoms with van der Waals surface area (Å²) in [7, 11) is 1.60. The van der Waals surface area contributed by atoms with Gasteiger partial charge >= 0.3 is 6.03 Å². The molecular formula is C19H27N3O4. The fourth-order valence-corrected chi connectivity index (χ4v) is 2.85. The van der Waals surface area contributed by atoms with E-state index >= 15 is 0 Å². The molecule has 26 heavy (non-hydrogen) atoms. The lowest BCUT2D eigenvalue weighted by molar-refractivity contribution is -0.135. The third kappa shape index (κ3) is 4.74. The van der Waals surface area contributed by atoms with Gasteiger partial charge in [-0.05, 0) is 58.2 Å². The topological polar surface area (TPSA) is 87.7 Å². The smallest absolute Gasteiger partial charge is 0.325 e. The summed E-state index contributed by atoms with van der Waals surface area (Å²) in [5, 5.41) is 5.48. The number of methoxy groups -OCH3 is 1. The van der Waals surface area contributed by atoms with Gasteiger partial charge in [-0.15, -0.1) is 0 Å². The fourth-order valence-electron chi connectivity index (χ4n) is 2.85. The van der Waals surface area contributed by atoms with Gasteiger partial charge in [-0.1, -0.05) is 12.1 Å². The number of aryl methyl sites for hydroxylation is 1. The zero-order valence-electron chi connectivity index (χ0n) is 16.0. The molecule has 1 heterocycles. The third-order valence-corrected chi connectivity index (χ3v) is 4.23. The molecule has 2 N–H and O–H groups in total. The molecule has 0 radical (unpaired) electrons. The van der Waals surface area contributed by atoms with E-state index in [9.17, 15) is 14.4 Å². The van der Waals surface area contributed by atoms with Crippen molar-refractivity contribution >= 4 is 17.8 Å². The minimum absolute atomic E-state index is 0.278. The van der Waals surface area contributed by atoms with Crippen molar-refractivity contribution in [3.8, 4) is 5.75 Å². The van der Waals surface area contributed by atoms with Crippen molar-refractivity contribution in [3.05, 3.63) is 29.8 Å². The average molecular weight is 361 g/mol. The number of carbonyl (C=O) groups is 3. The molecule has 0 aromatic heterocycles. The lowest BCUT2D eigenvalue weighted by atomic mass is 9.93. The lowest BCUT2D eigenvalue weighted by Gasteiger charge is -2.23. The van der Waals surface area contributed by atoms with Crippen LogP contribution in [0, 0.1) is 0 Å². The predicted molar refractivity (Wildman–Crippen MR) is 97.9 cm³/mol. The molecule has 0 saturated carbocycles. The molecule has 1 aliphatic heterocycles.